The summed E-state index contributed by atoms with van der Waals surface area (Å²) < 4.78 is 0. The summed E-state index contributed by atoms with van der Waals surface area (Å²) in [5.74, 6) is -0.163. The third kappa shape index (κ3) is 2.58. The number of amides is 3. The van der Waals surface area contributed by atoms with Crippen molar-refractivity contribution in [2.75, 3.05) is 13.1 Å². The van der Waals surface area contributed by atoms with E-state index < -0.39 is 0 Å². The van der Waals surface area contributed by atoms with Crippen molar-refractivity contribution in [3.63, 3.8) is 0 Å². The predicted molar refractivity (Wildman–Crippen MR) is 88.8 cm³/mol. The number of imide groups is 1. The normalized spacial score (nSPS) is 33.6. The van der Waals surface area contributed by atoms with Gasteiger partial charge in [-0.2, -0.15) is 0 Å². The fraction of sp³-hybridized carbons (Fsp3) is 0.737. The van der Waals surface area contributed by atoms with Gasteiger partial charge < -0.3 is 4.90 Å². The molecular weight excluding hydrogens is 304 g/mol. The molecule has 2 heterocycles. The number of hydrogen-bond donors (Lipinski definition) is 0. The predicted octanol–water partition coefficient (Wildman–Crippen LogP) is 2.12. The lowest BCUT2D eigenvalue weighted by atomic mass is 9.85. The quantitative estimate of drug-likeness (QED) is 0.588. The standard InChI is InChI=1S/C19H26N2O3/c22-17(20-11-5-10-16(20)13-6-1-2-7-13)12-21-18(23)14-8-3-4-9-15(14)19(21)24/h3-4,13-16H,1-2,5-12H2. The summed E-state index contributed by atoms with van der Waals surface area (Å²) in [7, 11) is 0. The zero-order valence-electron chi connectivity index (χ0n) is 14.2. The van der Waals surface area contributed by atoms with E-state index in [4.69, 9.17) is 0 Å². The van der Waals surface area contributed by atoms with E-state index in [1.54, 1.807) is 0 Å². The molecule has 4 aliphatic rings. The Kier molecular flexibility index (Phi) is 4.19. The zero-order valence-corrected chi connectivity index (χ0v) is 14.2. The number of carbonyl (C=O) groups excluding carboxylic acids is 3. The van der Waals surface area contributed by atoms with Crippen molar-refractivity contribution in [3.05, 3.63) is 12.2 Å². The number of allylic oxidation sites excluding steroid dienone is 2. The van der Waals surface area contributed by atoms with Crippen LogP contribution in [0.3, 0.4) is 0 Å². The highest BCUT2D eigenvalue weighted by Gasteiger charge is 2.48. The van der Waals surface area contributed by atoms with E-state index in [0.29, 0.717) is 24.8 Å². The summed E-state index contributed by atoms with van der Waals surface area (Å²) in [6, 6.07) is 0.330. The molecule has 0 aromatic rings. The van der Waals surface area contributed by atoms with Gasteiger partial charge in [-0.05, 0) is 44.4 Å². The van der Waals surface area contributed by atoms with E-state index in [0.717, 1.165) is 19.4 Å². The Morgan fingerprint density at radius 1 is 0.958 bits per heavy atom. The highest BCUT2D eigenvalue weighted by Crippen LogP contribution is 2.37. The molecule has 0 radical (unpaired) electrons. The average Bonchev–Trinajstić information content (AvgIpc) is 3.31. The molecule has 4 rings (SSSR count). The minimum absolute atomic E-state index is 0.0299. The summed E-state index contributed by atoms with van der Waals surface area (Å²) >= 11 is 0. The minimum atomic E-state index is -0.237. The van der Waals surface area contributed by atoms with Gasteiger partial charge in [0, 0.05) is 12.6 Å². The number of fused-ring (bicyclic) bond motifs is 1. The fourth-order valence-corrected chi connectivity index (χ4v) is 5.19. The lowest BCUT2D eigenvalue weighted by molar-refractivity contribution is -0.147. The molecule has 5 nitrogen and oxygen atoms in total. The number of rotatable bonds is 3. The van der Waals surface area contributed by atoms with Crippen molar-refractivity contribution < 1.29 is 14.4 Å². The van der Waals surface area contributed by atoms with Gasteiger partial charge >= 0.3 is 0 Å². The summed E-state index contributed by atoms with van der Waals surface area (Å²) in [6.07, 6.45) is 12.3. The van der Waals surface area contributed by atoms with Crippen molar-refractivity contribution in [3.8, 4) is 0 Å². The van der Waals surface area contributed by atoms with E-state index in [9.17, 15) is 14.4 Å². The zero-order chi connectivity index (χ0) is 16.7. The van der Waals surface area contributed by atoms with Gasteiger partial charge in [0.25, 0.3) is 0 Å². The second kappa shape index (κ2) is 6.34. The maximum absolute atomic E-state index is 12.8. The Labute approximate surface area is 143 Å². The van der Waals surface area contributed by atoms with Crippen LogP contribution in [0.1, 0.15) is 51.4 Å². The van der Waals surface area contributed by atoms with E-state index in [-0.39, 0.29) is 36.1 Å². The van der Waals surface area contributed by atoms with Gasteiger partial charge in [-0.25, -0.2) is 0 Å². The van der Waals surface area contributed by atoms with Gasteiger partial charge in [-0.3, -0.25) is 19.3 Å². The minimum Gasteiger partial charge on any atom is -0.338 e. The van der Waals surface area contributed by atoms with Crippen LogP contribution in [0, 0.1) is 17.8 Å². The molecule has 0 spiro atoms. The first-order valence-electron chi connectivity index (χ1n) is 9.46. The molecule has 3 atom stereocenters. The maximum atomic E-state index is 12.8. The second-order valence-electron chi connectivity index (χ2n) is 7.76. The highest BCUT2D eigenvalue weighted by atomic mass is 16.2. The molecule has 2 aliphatic carbocycles. The molecule has 0 N–H and O–H groups in total. The van der Waals surface area contributed by atoms with Gasteiger partial charge in [0.15, 0.2) is 0 Å². The third-order valence-electron chi connectivity index (χ3n) is 6.46. The van der Waals surface area contributed by atoms with Gasteiger partial charge in [0.2, 0.25) is 17.7 Å². The summed E-state index contributed by atoms with van der Waals surface area (Å²) in [5.41, 5.74) is 0. The molecule has 3 amide bonds. The molecule has 0 aromatic heterocycles. The van der Waals surface area contributed by atoms with Gasteiger partial charge in [-0.1, -0.05) is 25.0 Å². The Morgan fingerprint density at radius 3 is 2.21 bits per heavy atom. The van der Waals surface area contributed by atoms with Crippen LogP contribution >= 0.6 is 0 Å². The van der Waals surface area contributed by atoms with Gasteiger partial charge in [-0.15, -0.1) is 0 Å². The molecule has 130 valence electrons. The monoisotopic (exact) mass is 330 g/mol. The molecule has 3 fully saturated rings. The molecule has 0 bridgehead atoms. The van der Waals surface area contributed by atoms with Crippen molar-refractivity contribution >= 4 is 17.7 Å². The Morgan fingerprint density at radius 2 is 1.58 bits per heavy atom. The number of nitrogens with zero attached hydrogens (tertiary/aromatic N) is 2. The fourth-order valence-electron chi connectivity index (χ4n) is 5.19. The summed E-state index contributed by atoms with van der Waals surface area (Å²) in [4.78, 5) is 41.1. The van der Waals surface area contributed by atoms with Crippen LogP contribution in [0.2, 0.25) is 0 Å². The van der Waals surface area contributed by atoms with E-state index in [1.807, 2.05) is 17.1 Å². The summed E-state index contributed by atoms with van der Waals surface area (Å²) in [5, 5.41) is 0. The smallest absolute Gasteiger partial charge is 0.243 e. The largest absolute Gasteiger partial charge is 0.338 e. The lowest BCUT2D eigenvalue weighted by Gasteiger charge is -2.30. The molecular formula is C19H26N2O3. The third-order valence-corrected chi connectivity index (χ3v) is 6.46. The molecule has 3 unspecified atom stereocenters. The first-order valence-corrected chi connectivity index (χ1v) is 9.46. The molecule has 2 saturated heterocycles. The van der Waals surface area contributed by atoms with Crippen LogP contribution in [0.25, 0.3) is 0 Å². The number of likely N-dealkylation sites (tertiary alicyclic amines) is 2. The van der Waals surface area contributed by atoms with Gasteiger partial charge in [0.1, 0.15) is 6.54 Å². The van der Waals surface area contributed by atoms with Gasteiger partial charge in [0.05, 0.1) is 11.8 Å². The Balaban J connectivity index is 1.44. The highest BCUT2D eigenvalue weighted by molar-refractivity contribution is 6.07. The molecule has 5 heteroatoms. The van der Waals surface area contributed by atoms with E-state index in [2.05, 4.69) is 0 Å². The van der Waals surface area contributed by atoms with Crippen LogP contribution < -0.4 is 0 Å². The van der Waals surface area contributed by atoms with Crippen molar-refractivity contribution in [1.29, 1.82) is 0 Å². The molecule has 0 aromatic carbocycles. The van der Waals surface area contributed by atoms with E-state index in [1.165, 1.54) is 30.6 Å². The molecule has 1 saturated carbocycles. The van der Waals surface area contributed by atoms with Crippen molar-refractivity contribution in [2.45, 2.75) is 57.4 Å². The average molecular weight is 330 g/mol. The molecule has 24 heavy (non-hydrogen) atoms. The van der Waals surface area contributed by atoms with Crippen LogP contribution in [0.4, 0.5) is 0 Å². The second-order valence-corrected chi connectivity index (χ2v) is 7.76. The number of hydrogen-bond acceptors (Lipinski definition) is 3. The maximum Gasteiger partial charge on any atom is 0.243 e. The van der Waals surface area contributed by atoms with Crippen LogP contribution in [-0.2, 0) is 14.4 Å². The van der Waals surface area contributed by atoms with Crippen molar-refractivity contribution in [2.24, 2.45) is 17.8 Å². The first-order chi connectivity index (χ1) is 11.7. The van der Waals surface area contributed by atoms with Crippen molar-refractivity contribution in [1.82, 2.24) is 9.80 Å². The molecule has 2 aliphatic heterocycles. The Hall–Kier alpha value is -1.65. The lowest BCUT2D eigenvalue weighted by Crippen LogP contribution is -2.46. The SMILES string of the molecule is O=C1C2CC=CCC2C(=O)N1CC(=O)N1CCCC1C1CCCC1. The van der Waals surface area contributed by atoms with Crippen LogP contribution in [0.5, 0.6) is 0 Å². The summed E-state index contributed by atoms with van der Waals surface area (Å²) in [6.45, 7) is 0.735. The number of carbonyl (C=O) groups is 3. The van der Waals surface area contributed by atoms with Crippen LogP contribution in [-0.4, -0.2) is 46.7 Å². The first kappa shape index (κ1) is 15.9. The van der Waals surface area contributed by atoms with Crippen LogP contribution in [0.15, 0.2) is 12.2 Å². The topological polar surface area (TPSA) is 57.7 Å². The van der Waals surface area contributed by atoms with E-state index >= 15 is 0 Å². The Bertz CT molecular complexity index is 553.